The maximum Gasteiger partial charge on any atom is 0.119 e. The van der Waals surface area contributed by atoms with Gasteiger partial charge < -0.3 is 10.1 Å². The minimum Gasteiger partial charge on any atom is -0.497 e. The lowest BCUT2D eigenvalue weighted by molar-refractivity contribution is 0.149. The molecule has 1 N–H and O–H groups in total. The van der Waals surface area contributed by atoms with Crippen molar-refractivity contribution in [2.45, 2.75) is 32.7 Å². The normalized spacial score (nSPS) is 21.5. The van der Waals surface area contributed by atoms with E-state index in [2.05, 4.69) is 41.1 Å². The average Bonchev–Trinajstić information content (AvgIpc) is 3.08. The van der Waals surface area contributed by atoms with Crippen LogP contribution in [-0.4, -0.2) is 62.7 Å². The first kappa shape index (κ1) is 16.7. The second kappa shape index (κ2) is 7.65. The first-order valence-electron chi connectivity index (χ1n) is 9.01. The largest absolute Gasteiger partial charge is 0.497 e. The second-order valence-electron chi connectivity index (χ2n) is 6.98. The molecular formula is C19H31N3O. The highest BCUT2D eigenvalue weighted by molar-refractivity contribution is 5.43. The summed E-state index contributed by atoms with van der Waals surface area (Å²) in [7, 11) is 1.76. The van der Waals surface area contributed by atoms with E-state index in [1.807, 2.05) is 0 Å². The van der Waals surface area contributed by atoms with Crippen molar-refractivity contribution in [1.82, 2.24) is 15.1 Å². The standard InChI is InChI=1S/C19H31N3O/c1-15-12-17(23-3)13-16(2)19(15)18(22-8-4-5-9-22)14-21-10-6-20-7-11-21/h12-13,18,20H,4-11,14H2,1-3H3. The van der Waals surface area contributed by atoms with E-state index in [0.29, 0.717) is 6.04 Å². The van der Waals surface area contributed by atoms with Gasteiger partial charge in [0.1, 0.15) is 5.75 Å². The highest BCUT2D eigenvalue weighted by Crippen LogP contribution is 2.33. The molecule has 2 heterocycles. The van der Waals surface area contributed by atoms with Gasteiger partial charge in [-0.1, -0.05) is 0 Å². The van der Waals surface area contributed by atoms with Crippen LogP contribution < -0.4 is 10.1 Å². The van der Waals surface area contributed by atoms with Crippen molar-refractivity contribution in [3.63, 3.8) is 0 Å². The van der Waals surface area contributed by atoms with Gasteiger partial charge in [0.25, 0.3) is 0 Å². The summed E-state index contributed by atoms with van der Waals surface area (Å²) in [5.41, 5.74) is 4.26. The van der Waals surface area contributed by atoms with E-state index in [9.17, 15) is 0 Å². The summed E-state index contributed by atoms with van der Waals surface area (Å²) in [6, 6.07) is 4.91. The summed E-state index contributed by atoms with van der Waals surface area (Å²) in [4.78, 5) is 5.33. The SMILES string of the molecule is COc1cc(C)c(C(CN2CCNCC2)N2CCCC2)c(C)c1. The van der Waals surface area contributed by atoms with Gasteiger partial charge >= 0.3 is 0 Å². The van der Waals surface area contributed by atoms with Crippen molar-refractivity contribution in [3.05, 3.63) is 28.8 Å². The Kier molecular flexibility index (Phi) is 5.57. The molecule has 1 unspecified atom stereocenters. The zero-order valence-corrected chi connectivity index (χ0v) is 14.9. The van der Waals surface area contributed by atoms with E-state index in [1.165, 1.54) is 55.7 Å². The fourth-order valence-electron chi connectivity index (χ4n) is 4.16. The van der Waals surface area contributed by atoms with Gasteiger partial charge in [-0.15, -0.1) is 0 Å². The number of hydrogen-bond donors (Lipinski definition) is 1. The molecule has 0 aromatic heterocycles. The van der Waals surface area contributed by atoms with Gasteiger partial charge in [-0.2, -0.15) is 0 Å². The van der Waals surface area contributed by atoms with Crippen LogP contribution >= 0.6 is 0 Å². The first-order valence-corrected chi connectivity index (χ1v) is 9.01. The van der Waals surface area contributed by atoms with E-state index >= 15 is 0 Å². The molecule has 2 saturated heterocycles. The predicted molar refractivity (Wildman–Crippen MR) is 95.3 cm³/mol. The fourth-order valence-corrected chi connectivity index (χ4v) is 4.16. The minimum absolute atomic E-state index is 0.515. The lowest BCUT2D eigenvalue weighted by atomic mass is 9.94. The third-order valence-corrected chi connectivity index (χ3v) is 5.36. The quantitative estimate of drug-likeness (QED) is 0.902. The van der Waals surface area contributed by atoms with Crippen molar-refractivity contribution in [3.8, 4) is 5.75 Å². The number of nitrogens with zero attached hydrogens (tertiary/aromatic N) is 2. The van der Waals surface area contributed by atoms with Crippen LogP contribution in [-0.2, 0) is 0 Å². The Morgan fingerprint density at radius 3 is 2.22 bits per heavy atom. The summed E-state index contributed by atoms with van der Waals surface area (Å²) in [5, 5.41) is 3.46. The molecule has 4 heteroatoms. The predicted octanol–water partition coefficient (Wildman–Crippen LogP) is 2.35. The van der Waals surface area contributed by atoms with Crippen LogP contribution in [0.2, 0.25) is 0 Å². The molecule has 3 rings (SSSR count). The van der Waals surface area contributed by atoms with E-state index in [0.717, 1.165) is 25.4 Å². The molecule has 0 radical (unpaired) electrons. The third-order valence-electron chi connectivity index (χ3n) is 5.36. The van der Waals surface area contributed by atoms with Gasteiger partial charge in [0.05, 0.1) is 7.11 Å². The number of nitrogens with one attached hydrogen (secondary N) is 1. The van der Waals surface area contributed by atoms with Gasteiger partial charge in [-0.05, 0) is 68.6 Å². The molecule has 2 aliphatic rings. The van der Waals surface area contributed by atoms with Crippen LogP contribution in [0.15, 0.2) is 12.1 Å². The molecule has 1 aromatic carbocycles. The summed E-state index contributed by atoms with van der Waals surface area (Å²) in [5.74, 6) is 0.978. The van der Waals surface area contributed by atoms with E-state index < -0.39 is 0 Å². The molecule has 0 aliphatic carbocycles. The lowest BCUT2D eigenvalue weighted by Gasteiger charge is -2.37. The van der Waals surface area contributed by atoms with Crippen LogP contribution in [0.3, 0.4) is 0 Å². The Bertz CT molecular complexity index is 496. The number of hydrogen-bond acceptors (Lipinski definition) is 4. The minimum atomic E-state index is 0.515. The van der Waals surface area contributed by atoms with Gasteiger partial charge in [0, 0.05) is 38.8 Å². The first-order chi connectivity index (χ1) is 11.2. The smallest absolute Gasteiger partial charge is 0.119 e. The monoisotopic (exact) mass is 317 g/mol. The van der Waals surface area contributed by atoms with E-state index in [1.54, 1.807) is 7.11 Å². The van der Waals surface area contributed by atoms with Crippen molar-refractivity contribution >= 4 is 0 Å². The van der Waals surface area contributed by atoms with E-state index in [4.69, 9.17) is 4.74 Å². The number of benzene rings is 1. The van der Waals surface area contributed by atoms with Crippen LogP contribution in [0, 0.1) is 13.8 Å². The van der Waals surface area contributed by atoms with Gasteiger partial charge in [-0.25, -0.2) is 0 Å². The van der Waals surface area contributed by atoms with Gasteiger partial charge in [0.15, 0.2) is 0 Å². The highest BCUT2D eigenvalue weighted by atomic mass is 16.5. The topological polar surface area (TPSA) is 27.7 Å². The maximum absolute atomic E-state index is 5.45. The molecule has 0 amide bonds. The van der Waals surface area contributed by atoms with Crippen LogP contribution in [0.4, 0.5) is 0 Å². The summed E-state index contributed by atoms with van der Waals surface area (Å²) < 4.78 is 5.45. The Hall–Kier alpha value is -1.10. The number of piperazine rings is 1. The Morgan fingerprint density at radius 2 is 1.65 bits per heavy atom. The van der Waals surface area contributed by atoms with E-state index in [-0.39, 0.29) is 0 Å². The van der Waals surface area contributed by atoms with Crippen LogP contribution in [0.25, 0.3) is 0 Å². The van der Waals surface area contributed by atoms with Crippen molar-refractivity contribution in [2.24, 2.45) is 0 Å². The van der Waals surface area contributed by atoms with Gasteiger partial charge in [0.2, 0.25) is 0 Å². The molecule has 4 nitrogen and oxygen atoms in total. The zero-order valence-electron chi connectivity index (χ0n) is 14.9. The Labute approximate surface area is 140 Å². The molecule has 0 spiro atoms. The fraction of sp³-hybridized carbons (Fsp3) is 0.684. The molecule has 1 aromatic rings. The molecule has 23 heavy (non-hydrogen) atoms. The van der Waals surface area contributed by atoms with Crippen molar-refractivity contribution in [1.29, 1.82) is 0 Å². The molecule has 0 saturated carbocycles. The second-order valence-corrected chi connectivity index (χ2v) is 6.98. The number of likely N-dealkylation sites (tertiary alicyclic amines) is 1. The lowest BCUT2D eigenvalue weighted by Crippen LogP contribution is -2.47. The molecule has 1 atom stereocenters. The molecule has 2 aliphatic heterocycles. The summed E-state index contributed by atoms with van der Waals surface area (Å²) in [6.45, 7) is 12.7. The number of rotatable bonds is 5. The number of aryl methyl sites for hydroxylation is 2. The zero-order chi connectivity index (χ0) is 16.2. The number of methoxy groups -OCH3 is 1. The Balaban J connectivity index is 1.87. The number of ether oxygens (including phenoxy) is 1. The third kappa shape index (κ3) is 3.87. The maximum atomic E-state index is 5.45. The Morgan fingerprint density at radius 1 is 1.04 bits per heavy atom. The molecule has 2 fully saturated rings. The molecule has 128 valence electrons. The van der Waals surface area contributed by atoms with Crippen molar-refractivity contribution < 1.29 is 4.74 Å². The highest BCUT2D eigenvalue weighted by Gasteiger charge is 2.28. The molecular weight excluding hydrogens is 286 g/mol. The van der Waals surface area contributed by atoms with Crippen molar-refractivity contribution in [2.75, 3.05) is 52.9 Å². The van der Waals surface area contributed by atoms with Crippen LogP contribution in [0.5, 0.6) is 5.75 Å². The average molecular weight is 317 g/mol. The summed E-state index contributed by atoms with van der Waals surface area (Å²) >= 11 is 0. The summed E-state index contributed by atoms with van der Waals surface area (Å²) in [6.07, 6.45) is 2.68. The molecule has 0 bridgehead atoms. The van der Waals surface area contributed by atoms with Crippen LogP contribution in [0.1, 0.15) is 35.6 Å². The van der Waals surface area contributed by atoms with Gasteiger partial charge in [-0.3, -0.25) is 9.80 Å².